The van der Waals surface area contributed by atoms with E-state index in [1.807, 2.05) is 56.3 Å². The maximum Gasteiger partial charge on any atom is 0.325 e. The van der Waals surface area contributed by atoms with E-state index in [0.29, 0.717) is 12.3 Å². The first kappa shape index (κ1) is 20.4. The van der Waals surface area contributed by atoms with Crippen LogP contribution in [0.1, 0.15) is 27.2 Å². The number of hydrogen-bond acceptors (Lipinski definition) is 4. The first-order valence-corrected chi connectivity index (χ1v) is 8.17. The summed E-state index contributed by atoms with van der Waals surface area (Å²) in [6.07, 6.45) is 0.551. The van der Waals surface area contributed by atoms with Gasteiger partial charge >= 0.3 is 11.9 Å². The molecule has 2 rings (SSSR count). The zero-order valence-electron chi connectivity index (χ0n) is 14.8. The van der Waals surface area contributed by atoms with E-state index in [0.717, 1.165) is 16.5 Å². The lowest BCUT2D eigenvalue weighted by atomic mass is 10.1. The molecule has 5 N–H and O–H groups in total. The zero-order chi connectivity index (χ0) is 19.0. The highest BCUT2D eigenvalue weighted by molar-refractivity contribution is 5.86. The molecule has 2 aromatic rings. The van der Waals surface area contributed by atoms with Gasteiger partial charge in [-0.15, -0.1) is 0 Å². The number of fused-ring (bicyclic) bond motifs is 1. The van der Waals surface area contributed by atoms with Gasteiger partial charge in [0.15, 0.2) is 0 Å². The maximum atomic E-state index is 10.7. The van der Waals surface area contributed by atoms with Crippen molar-refractivity contribution in [1.82, 2.24) is 0 Å². The van der Waals surface area contributed by atoms with Crippen LogP contribution in [0, 0.1) is 5.92 Å². The van der Waals surface area contributed by atoms with Crippen molar-refractivity contribution in [3.63, 3.8) is 0 Å². The van der Waals surface area contributed by atoms with Crippen molar-refractivity contribution in [2.45, 2.75) is 39.3 Å². The fraction of sp³-hybridized carbons (Fsp3) is 0.368. The van der Waals surface area contributed by atoms with Crippen LogP contribution in [-0.4, -0.2) is 34.2 Å². The topological polar surface area (TPSA) is 113 Å². The average molecular weight is 346 g/mol. The Kier molecular flexibility index (Phi) is 7.88. The molecule has 0 bridgehead atoms. The smallest absolute Gasteiger partial charge is 0.325 e. The Bertz CT molecular complexity index is 715. The third kappa shape index (κ3) is 7.22. The minimum atomic E-state index is -0.913. The van der Waals surface area contributed by atoms with Crippen LogP contribution in [0.4, 0.5) is 5.69 Å². The monoisotopic (exact) mass is 346 g/mol. The van der Waals surface area contributed by atoms with Crippen LogP contribution in [0.3, 0.4) is 0 Å². The van der Waals surface area contributed by atoms with Gasteiger partial charge in [0.2, 0.25) is 0 Å². The van der Waals surface area contributed by atoms with Gasteiger partial charge in [-0.1, -0.05) is 44.2 Å². The Labute approximate surface area is 147 Å². The highest BCUT2D eigenvalue weighted by Gasteiger charge is 2.12. The van der Waals surface area contributed by atoms with E-state index in [2.05, 4.69) is 5.32 Å². The summed E-state index contributed by atoms with van der Waals surface area (Å²) in [6, 6.07) is 12.5. The summed E-state index contributed by atoms with van der Waals surface area (Å²) in [4.78, 5) is 20.8. The van der Waals surface area contributed by atoms with Crippen molar-refractivity contribution in [3.05, 3.63) is 42.5 Å². The number of carbonyl (C=O) groups is 2. The van der Waals surface area contributed by atoms with Crippen molar-refractivity contribution in [2.24, 2.45) is 11.7 Å². The van der Waals surface area contributed by atoms with Crippen LogP contribution in [0.15, 0.2) is 42.5 Å². The highest BCUT2D eigenvalue weighted by Crippen LogP contribution is 2.19. The van der Waals surface area contributed by atoms with Gasteiger partial charge in [0.05, 0.1) is 0 Å². The Balaban J connectivity index is 0.000000299. The predicted molar refractivity (Wildman–Crippen MR) is 99.7 cm³/mol. The molecule has 6 nitrogen and oxygen atoms in total. The standard InChI is InChI=1S/C13H13NO2.C6H13NO2/c1-9(13(15)16)14-12-7-6-10-4-2-3-5-11(10)8-12;1-4(2)3-5(7)6(8)9/h2-9,14H,1H3,(H,15,16);4-5H,3,7H2,1-2H3,(H,8,9). The van der Waals surface area contributed by atoms with Crippen molar-refractivity contribution < 1.29 is 19.8 Å². The molecule has 0 fully saturated rings. The first-order chi connectivity index (χ1) is 11.7. The molecule has 0 heterocycles. The number of nitrogens with one attached hydrogen (secondary N) is 1. The largest absolute Gasteiger partial charge is 0.480 e. The van der Waals surface area contributed by atoms with Gasteiger partial charge in [0, 0.05) is 5.69 Å². The number of nitrogens with two attached hydrogens (primary N) is 1. The second-order valence-electron chi connectivity index (χ2n) is 6.34. The van der Waals surface area contributed by atoms with Crippen molar-refractivity contribution in [3.8, 4) is 0 Å². The summed E-state index contributed by atoms with van der Waals surface area (Å²) >= 11 is 0. The van der Waals surface area contributed by atoms with Gasteiger partial charge in [0.1, 0.15) is 12.1 Å². The minimum Gasteiger partial charge on any atom is -0.480 e. The molecule has 0 radical (unpaired) electrons. The highest BCUT2D eigenvalue weighted by atomic mass is 16.4. The van der Waals surface area contributed by atoms with Gasteiger partial charge < -0.3 is 21.3 Å². The molecule has 0 aliphatic carbocycles. The molecule has 0 aromatic heterocycles. The summed E-state index contributed by atoms with van der Waals surface area (Å²) in [5.41, 5.74) is 6.05. The van der Waals surface area contributed by atoms with E-state index < -0.39 is 24.0 Å². The number of hydrogen-bond donors (Lipinski definition) is 4. The molecule has 0 amide bonds. The second-order valence-corrected chi connectivity index (χ2v) is 6.34. The van der Waals surface area contributed by atoms with Gasteiger partial charge in [-0.3, -0.25) is 9.59 Å². The molecule has 0 saturated heterocycles. The number of anilines is 1. The molecule has 0 saturated carbocycles. The summed E-state index contributed by atoms with van der Waals surface area (Å²) < 4.78 is 0. The molecular formula is C19H26N2O4. The van der Waals surface area contributed by atoms with E-state index in [4.69, 9.17) is 15.9 Å². The van der Waals surface area contributed by atoms with Crippen LogP contribution in [0.2, 0.25) is 0 Å². The molecule has 0 aliphatic rings. The molecule has 25 heavy (non-hydrogen) atoms. The van der Waals surface area contributed by atoms with Gasteiger partial charge in [0.25, 0.3) is 0 Å². The van der Waals surface area contributed by atoms with Gasteiger partial charge in [-0.25, -0.2) is 0 Å². The number of rotatable bonds is 6. The lowest BCUT2D eigenvalue weighted by molar-refractivity contribution is -0.139. The van der Waals surface area contributed by atoms with E-state index in [9.17, 15) is 9.59 Å². The quantitative estimate of drug-likeness (QED) is 0.639. The van der Waals surface area contributed by atoms with Crippen molar-refractivity contribution in [2.75, 3.05) is 5.32 Å². The maximum absolute atomic E-state index is 10.7. The molecule has 2 atom stereocenters. The third-order valence-electron chi connectivity index (χ3n) is 3.55. The third-order valence-corrected chi connectivity index (χ3v) is 3.55. The summed E-state index contributed by atoms with van der Waals surface area (Å²) in [5, 5.41) is 22.3. The Hall–Kier alpha value is -2.60. The molecule has 6 heteroatoms. The summed E-state index contributed by atoms with van der Waals surface area (Å²) in [7, 11) is 0. The predicted octanol–water partition coefficient (Wildman–Crippen LogP) is 3.17. The van der Waals surface area contributed by atoms with Crippen molar-refractivity contribution >= 4 is 28.4 Å². The van der Waals surface area contributed by atoms with E-state index in [-0.39, 0.29) is 0 Å². The van der Waals surface area contributed by atoms with Crippen LogP contribution in [0.5, 0.6) is 0 Å². The number of aliphatic carboxylic acids is 2. The fourth-order valence-electron chi connectivity index (χ4n) is 2.20. The Morgan fingerprint density at radius 1 is 1.00 bits per heavy atom. The SMILES string of the molecule is CC(C)CC(N)C(=O)O.CC(Nc1ccc2ccccc2c1)C(=O)O. The van der Waals surface area contributed by atoms with Crippen LogP contribution < -0.4 is 11.1 Å². The second kappa shape index (κ2) is 9.64. The van der Waals surface area contributed by atoms with Crippen LogP contribution >= 0.6 is 0 Å². The number of benzene rings is 2. The number of carboxylic acid groups (broad SMARTS) is 2. The Morgan fingerprint density at radius 3 is 2.08 bits per heavy atom. The first-order valence-electron chi connectivity index (χ1n) is 8.17. The van der Waals surface area contributed by atoms with Crippen molar-refractivity contribution in [1.29, 1.82) is 0 Å². The van der Waals surface area contributed by atoms with Crippen LogP contribution in [0.25, 0.3) is 10.8 Å². The number of carboxylic acids is 2. The minimum absolute atomic E-state index is 0.357. The lowest BCUT2D eigenvalue weighted by Crippen LogP contribution is -2.31. The molecule has 0 aliphatic heterocycles. The lowest BCUT2D eigenvalue weighted by Gasteiger charge is -2.11. The molecule has 2 aromatic carbocycles. The van der Waals surface area contributed by atoms with E-state index >= 15 is 0 Å². The summed E-state index contributed by atoms with van der Waals surface area (Å²) in [5.74, 6) is -1.41. The van der Waals surface area contributed by atoms with Gasteiger partial charge in [-0.2, -0.15) is 0 Å². The molecular weight excluding hydrogens is 320 g/mol. The van der Waals surface area contributed by atoms with E-state index in [1.165, 1.54) is 0 Å². The molecule has 2 unspecified atom stereocenters. The van der Waals surface area contributed by atoms with Gasteiger partial charge in [-0.05, 0) is 42.2 Å². The normalized spacial score (nSPS) is 12.8. The average Bonchev–Trinajstić information content (AvgIpc) is 2.54. The van der Waals surface area contributed by atoms with E-state index in [1.54, 1.807) is 6.92 Å². The Morgan fingerprint density at radius 2 is 1.60 bits per heavy atom. The zero-order valence-corrected chi connectivity index (χ0v) is 14.8. The summed E-state index contributed by atoms with van der Waals surface area (Å²) in [6.45, 7) is 5.52. The molecule has 136 valence electrons. The van der Waals surface area contributed by atoms with Crippen LogP contribution in [-0.2, 0) is 9.59 Å². The fourth-order valence-corrected chi connectivity index (χ4v) is 2.20. The molecule has 0 spiro atoms.